The first-order chi connectivity index (χ1) is 60.4. The third-order valence-corrected chi connectivity index (χ3v) is 27.3. The number of aliphatic hydroxyl groups is 1. The molecule has 1 unspecified atom stereocenters. The number of rotatable bonds is 14. The van der Waals surface area contributed by atoms with Crippen LogP contribution in [0, 0.1) is 107 Å². The third-order valence-electron chi connectivity index (χ3n) is 27.3. The summed E-state index contributed by atoms with van der Waals surface area (Å²) in [7, 11) is 0. The van der Waals surface area contributed by atoms with Crippen LogP contribution in [0.2, 0.25) is 0 Å². The number of ketones is 4. The quantitative estimate of drug-likeness (QED) is 0.172. The first kappa shape index (κ1) is 113. The van der Waals surface area contributed by atoms with Crippen molar-refractivity contribution in [3.8, 4) is 12.1 Å². The summed E-state index contributed by atoms with van der Waals surface area (Å²) in [6, 6.07) is 18.8. The molecule has 11 rings (SSSR count). The van der Waals surface area contributed by atoms with Gasteiger partial charge in [-0.15, -0.1) is 0 Å². The zero-order valence-corrected chi connectivity index (χ0v) is 83.8. The Morgan fingerprint density at radius 1 is 0.412 bits per heavy atom. The number of piperidine rings is 7. The molecule has 0 spiro atoms. The Hall–Kier alpha value is -8.01. The maximum atomic E-state index is 12.7. The number of carbonyl (C=O) groups excluding carboxylic acids is 11. The van der Waals surface area contributed by atoms with Crippen LogP contribution < -0.4 is 0 Å². The van der Waals surface area contributed by atoms with E-state index in [4.69, 9.17) is 10.4 Å². The van der Waals surface area contributed by atoms with Gasteiger partial charge in [0.1, 0.15) is 34.9 Å². The van der Waals surface area contributed by atoms with Crippen molar-refractivity contribution in [3.05, 3.63) is 59.9 Å². The minimum Gasteiger partial charge on any atom is -0.396 e. The molecule has 2 aliphatic carbocycles. The van der Waals surface area contributed by atoms with E-state index in [0.717, 1.165) is 141 Å². The number of likely N-dealkylation sites (tertiary alicyclic amines) is 7. The average molecular weight is 1850 g/mol. The Bertz CT molecular complexity index is 4150. The van der Waals surface area contributed by atoms with Gasteiger partial charge < -0.3 is 44.0 Å². The van der Waals surface area contributed by atoms with Crippen LogP contribution in [0.1, 0.15) is 324 Å². The highest BCUT2D eigenvalue weighted by Crippen LogP contribution is 2.51. The Balaban J connectivity index is 0.000000271. The first-order valence-electron chi connectivity index (χ1n) is 48.4. The van der Waals surface area contributed by atoms with E-state index in [-0.39, 0.29) is 103 Å². The van der Waals surface area contributed by atoms with Crippen molar-refractivity contribution in [2.24, 2.45) is 84.7 Å². The number of aromatic nitrogens is 1. The summed E-state index contributed by atoms with van der Waals surface area (Å²) in [6.07, 6.45) is 9.26. The van der Waals surface area contributed by atoms with Gasteiger partial charge in [0.25, 0.3) is 0 Å². The predicted octanol–water partition coefficient (Wildman–Crippen LogP) is 19.2. The normalized spacial score (nSPS) is 19.8. The number of alkyl halides is 6. The number of nitriles is 2. The molecule has 1 N–H and O–H groups in total. The lowest BCUT2D eigenvalue weighted by molar-refractivity contribution is -0.202. The van der Waals surface area contributed by atoms with Gasteiger partial charge in [0.05, 0.1) is 35.8 Å². The van der Waals surface area contributed by atoms with Gasteiger partial charge in [0.15, 0.2) is 0 Å². The van der Waals surface area contributed by atoms with Crippen molar-refractivity contribution >= 4 is 64.5 Å². The number of nitrogens with zero attached hydrogens (tertiary/aromatic N) is 10. The number of carbonyl (C=O) groups is 11. The van der Waals surface area contributed by atoms with E-state index >= 15 is 0 Å². The lowest BCUT2D eigenvalue weighted by Gasteiger charge is -2.46. The third kappa shape index (κ3) is 34.1. The fourth-order valence-electron chi connectivity index (χ4n) is 18.8. The molecule has 9 aliphatic rings. The number of benzene rings is 1. The molecule has 0 radical (unpaired) electrons. The summed E-state index contributed by atoms with van der Waals surface area (Å²) < 4.78 is 76.4. The zero-order chi connectivity index (χ0) is 99.2. The summed E-state index contributed by atoms with van der Waals surface area (Å²) >= 11 is 0. The fourth-order valence-corrected chi connectivity index (χ4v) is 18.8. The summed E-state index contributed by atoms with van der Waals surface area (Å²) in [5.74, 6) is 0.508. The standard InChI is InChI=1S/C18H25NO2.C15H21N3O.C15H24N2O.C14H22F3NO2.C14H23NO2.C14H25NO2.C13H22F3NO2/c1-14(20)18(15-8-6-5-7-9-15)10-12-19(13-11-18)16(21)17(2,3)4;1-15(2,3)14(19)17-9-6-12(7-10-17)18-8-4-5-13(18)11-16;1-14(2,3)13(18)17-9-5-12(6-10-17)15(11-16)7-4-8-15;1-13(2,3)12(20)18-8-5-10(6-9-18)11(19)4-7-14(15,16)17;1-14(2,3)13(17)15-8-6-11(7-9-15)12(16)10-4-5-10;1-5-6-12(16)11-7-9-15(10-8-11)13(17)14(2,3)4;1-12(2,3)11(19)17-6-4-9(5-7-17)10(8-18)13(14,15)16/h5-9H,10-13H2,1-4H3;4-5,8,12H,6-7,9-10H2,1-3H3;12H,4-10H2,1-3H3;10H,4-9H2,1-3H3;10-11H,4-9H2,1-3H3;11H,5-10H2,1-4H3;9-10,18H,4-8H2,1-3H3. The summed E-state index contributed by atoms with van der Waals surface area (Å²) in [6.45, 7) is 52.2. The van der Waals surface area contributed by atoms with Crippen molar-refractivity contribution < 1.29 is 84.2 Å². The number of amides is 7. The number of hydrogen-bond acceptors (Lipinski definition) is 14. The molecule has 9 fully saturated rings. The minimum absolute atomic E-state index is 0.0266. The van der Waals surface area contributed by atoms with Gasteiger partial charge in [0, 0.05) is 178 Å². The smallest absolute Gasteiger partial charge is 0.394 e. The summed E-state index contributed by atoms with van der Waals surface area (Å²) in [4.78, 5) is 146. The molecular weight excluding hydrogens is 1680 g/mol. The van der Waals surface area contributed by atoms with Crippen LogP contribution in [-0.4, -0.2) is 219 Å². The lowest BCUT2D eigenvalue weighted by Crippen LogP contribution is -2.50. The van der Waals surface area contributed by atoms with Crippen molar-refractivity contribution in [1.82, 2.24) is 38.9 Å². The molecule has 1 atom stereocenters. The lowest BCUT2D eigenvalue weighted by atomic mass is 9.59. The maximum absolute atomic E-state index is 12.7. The largest absolute Gasteiger partial charge is 0.396 e. The zero-order valence-electron chi connectivity index (χ0n) is 83.8. The van der Waals surface area contributed by atoms with Gasteiger partial charge in [-0.1, -0.05) is 189 Å². The maximum Gasteiger partial charge on any atom is 0.394 e. The molecule has 738 valence electrons. The van der Waals surface area contributed by atoms with Gasteiger partial charge in [-0.2, -0.15) is 36.9 Å². The number of halogens is 6. The van der Waals surface area contributed by atoms with Crippen LogP contribution >= 0.6 is 0 Å². The SMILES string of the molecule is CC(=O)C1(c2ccccc2)CCN(C(=O)C(C)(C)C)CC1.CC(C)(C)C(=O)N1CCC(C(=O)C2CC2)CC1.CC(C)(C)C(=O)N1CCC(C(=O)CCC(F)(F)F)CC1.CC(C)(C)C(=O)N1CCC(C(CO)C(F)(F)F)CC1.CC(C)(C)C(=O)N1CCC(C2(C#N)CCC2)CC1.CC(C)(C)C(=O)N1CCC(n2cccc2C#N)CC1.CCCC(=O)C1CCN(C(=O)C(C)(C)C)CC1. The van der Waals surface area contributed by atoms with Gasteiger partial charge in [-0.25, -0.2) is 0 Å². The molecule has 8 heterocycles. The van der Waals surface area contributed by atoms with Crippen molar-refractivity contribution in [2.45, 2.75) is 331 Å². The first-order valence-corrected chi connectivity index (χ1v) is 48.4. The molecule has 2 saturated carbocycles. The average Bonchev–Trinajstić information content (AvgIpc) is 0.872. The van der Waals surface area contributed by atoms with E-state index in [0.29, 0.717) is 119 Å². The highest BCUT2D eigenvalue weighted by molar-refractivity contribution is 5.90. The molecule has 7 saturated heterocycles. The van der Waals surface area contributed by atoms with Gasteiger partial charge in [0.2, 0.25) is 41.4 Å². The van der Waals surface area contributed by atoms with E-state index in [1.165, 1.54) is 6.42 Å². The summed E-state index contributed by atoms with van der Waals surface area (Å²) in [5.41, 5.74) is -1.20. The Morgan fingerprint density at radius 2 is 0.733 bits per heavy atom. The second-order valence-corrected chi connectivity index (χ2v) is 45.3. The van der Waals surface area contributed by atoms with Crippen LogP contribution in [0.5, 0.6) is 0 Å². The minimum atomic E-state index is -4.37. The van der Waals surface area contributed by atoms with Gasteiger partial charge in [-0.05, 0) is 158 Å². The van der Waals surface area contributed by atoms with E-state index in [2.05, 4.69) is 12.1 Å². The Kier molecular flexibility index (Phi) is 41.5. The van der Waals surface area contributed by atoms with E-state index in [9.17, 15) is 84.3 Å². The molecule has 0 bridgehead atoms. The topological polar surface area (TPSA) is 283 Å². The second kappa shape index (κ2) is 47.9. The van der Waals surface area contributed by atoms with Gasteiger partial charge >= 0.3 is 12.4 Å². The monoisotopic (exact) mass is 1850 g/mol. The molecule has 1 aromatic heterocycles. The van der Waals surface area contributed by atoms with Crippen molar-refractivity contribution in [1.29, 1.82) is 10.5 Å². The van der Waals surface area contributed by atoms with E-state index < -0.39 is 59.9 Å². The molecular formula is C103H162F6N10O12. The Labute approximate surface area is 779 Å². The second-order valence-electron chi connectivity index (χ2n) is 45.3. The summed E-state index contributed by atoms with van der Waals surface area (Å²) in [5, 5.41) is 27.3. The van der Waals surface area contributed by atoms with Crippen LogP contribution in [0.4, 0.5) is 26.3 Å². The van der Waals surface area contributed by atoms with Crippen LogP contribution in [0.3, 0.4) is 0 Å². The molecule has 7 amide bonds. The highest BCUT2D eigenvalue weighted by atomic mass is 19.4. The number of aliphatic hydroxyl groups excluding tert-OH is 1. The fraction of sp³-hybridized carbons (Fsp3) is 0.777. The molecule has 28 heteroatoms. The molecule has 7 aliphatic heterocycles. The molecule has 1 aromatic carbocycles. The molecule has 131 heavy (non-hydrogen) atoms. The highest BCUT2D eigenvalue weighted by Gasteiger charge is 2.49. The van der Waals surface area contributed by atoms with Crippen LogP contribution in [0.25, 0.3) is 0 Å². The molecule has 22 nitrogen and oxygen atoms in total. The van der Waals surface area contributed by atoms with Crippen molar-refractivity contribution in [2.75, 3.05) is 98.2 Å². The van der Waals surface area contributed by atoms with E-state index in [1.807, 2.05) is 209 Å². The Morgan fingerprint density at radius 3 is 1.02 bits per heavy atom. The van der Waals surface area contributed by atoms with Crippen LogP contribution in [-0.2, 0) is 58.2 Å². The number of Topliss-reactive ketones (excluding diaryl/α,β-unsaturated/α-hetero) is 4. The molecule has 2 aromatic rings. The number of hydrogen-bond donors (Lipinski definition) is 1. The van der Waals surface area contributed by atoms with Crippen LogP contribution in [0.15, 0.2) is 48.7 Å². The van der Waals surface area contributed by atoms with Crippen molar-refractivity contribution in [3.63, 3.8) is 0 Å². The predicted molar refractivity (Wildman–Crippen MR) is 498 cm³/mol. The van der Waals surface area contributed by atoms with Gasteiger partial charge in [-0.3, -0.25) is 52.7 Å². The van der Waals surface area contributed by atoms with E-state index in [1.54, 1.807) is 37.5 Å².